The van der Waals surface area contributed by atoms with Crippen LogP contribution in [0, 0.1) is 0 Å². The number of pyridine rings is 2. The summed E-state index contributed by atoms with van der Waals surface area (Å²) in [6.45, 7) is 6.45. The highest BCUT2D eigenvalue weighted by Crippen LogP contribution is 2.31. The molecule has 1 unspecified atom stereocenters. The molecule has 3 aromatic rings. The number of carbonyl (C=O) groups is 1. The van der Waals surface area contributed by atoms with E-state index in [9.17, 15) is 4.79 Å². The minimum atomic E-state index is -1.01. The summed E-state index contributed by atoms with van der Waals surface area (Å²) in [7, 11) is 0. The highest BCUT2D eigenvalue weighted by atomic mass is 16.4. The van der Waals surface area contributed by atoms with Crippen LogP contribution in [0.2, 0.25) is 0 Å². The average Bonchev–Trinajstić information content (AvgIpc) is 2.69. The lowest BCUT2D eigenvalue weighted by molar-refractivity contribution is 0.0690. The molecule has 27 heavy (non-hydrogen) atoms. The van der Waals surface area contributed by atoms with Crippen molar-refractivity contribution in [3.8, 4) is 0 Å². The fraction of sp³-hybridized carbons (Fsp3) is 0.261. The van der Waals surface area contributed by atoms with Gasteiger partial charge in [-0.1, -0.05) is 63.2 Å². The molecule has 0 aliphatic rings. The van der Waals surface area contributed by atoms with E-state index in [1.54, 1.807) is 6.07 Å². The van der Waals surface area contributed by atoms with Crippen molar-refractivity contribution >= 4 is 5.97 Å². The third-order valence-electron chi connectivity index (χ3n) is 4.95. The van der Waals surface area contributed by atoms with Crippen LogP contribution in [0.1, 0.15) is 59.8 Å². The van der Waals surface area contributed by atoms with Gasteiger partial charge in [0.1, 0.15) is 5.69 Å². The van der Waals surface area contributed by atoms with Crippen molar-refractivity contribution in [3.63, 3.8) is 0 Å². The number of hydrogen-bond donors (Lipinski definition) is 1. The van der Waals surface area contributed by atoms with Gasteiger partial charge in [-0.3, -0.25) is 4.98 Å². The molecule has 0 fully saturated rings. The van der Waals surface area contributed by atoms with Gasteiger partial charge in [-0.2, -0.15) is 0 Å². The van der Waals surface area contributed by atoms with E-state index >= 15 is 0 Å². The zero-order valence-electron chi connectivity index (χ0n) is 15.9. The Kier molecular flexibility index (Phi) is 5.36. The van der Waals surface area contributed by atoms with Gasteiger partial charge in [0.2, 0.25) is 0 Å². The molecule has 0 bridgehead atoms. The highest BCUT2D eigenvalue weighted by molar-refractivity contribution is 5.85. The first-order valence-electron chi connectivity index (χ1n) is 9.10. The third kappa shape index (κ3) is 4.22. The smallest absolute Gasteiger partial charge is 0.354 e. The molecule has 1 N–H and O–H groups in total. The van der Waals surface area contributed by atoms with Gasteiger partial charge in [0.15, 0.2) is 0 Å². The predicted molar refractivity (Wildman–Crippen MR) is 106 cm³/mol. The highest BCUT2D eigenvalue weighted by Gasteiger charge is 2.25. The lowest BCUT2D eigenvalue weighted by Gasteiger charge is -2.26. The average molecular weight is 360 g/mol. The Balaban J connectivity index is 1.85. The summed E-state index contributed by atoms with van der Waals surface area (Å²) < 4.78 is 0. The van der Waals surface area contributed by atoms with E-state index in [4.69, 9.17) is 10.1 Å². The number of carboxylic acids is 1. The summed E-state index contributed by atoms with van der Waals surface area (Å²) in [4.78, 5) is 20.3. The first-order valence-corrected chi connectivity index (χ1v) is 9.10. The third-order valence-corrected chi connectivity index (χ3v) is 4.95. The van der Waals surface area contributed by atoms with E-state index in [1.165, 1.54) is 11.6 Å². The normalized spacial score (nSPS) is 12.6. The maximum atomic E-state index is 11.1. The number of aromatic nitrogens is 2. The maximum absolute atomic E-state index is 11.1. The van der Waals surface area contributed by atoms with Crippen molar-refractivity contribution in [1.29, 1.82) is 0 Å². The summed E-state index contributed by atoms with van der Waals surface area (Å²) in [6, 6.07) is 21.6. The number of carboxylic acid groups (broad SMARTS) is 1. The number of nitrogens with zero attached hydrogens (tertiary/aromatic N) is 2. The molecule has 4 nitrogen and oxygen atoms in total. The Morgan fingerprint density at radius 1 is 0.963 bits per heavy atom. The van der Waals surface area contributed by atoms with Crippen LogP contribution in [-0.4, -0.2) is 21.0 Å². The molecule has 0 radical (unpaired) electrons. The van der Waals surface area contributed by atoms with Gasteiger partial charge in [0.05, 0.1) is 5.69 Å². The van der Waals surface area contributed by atoms with Gasteiger partial charge in [-0.15, -0.1) is 0 Å². The van der Waals surface area contributed by atoms with Crippen LogP contribution < -0.4 is 0 Å². The zero-order chi connectivity index (χ0) is 19.4. The fourth-order valence-electron chi connectivity index (χ4n) is 3.21. The molecule has 0 aliphatic carbocycles. The minimum absolute atomic E-state index is 0.0756. The van der Waals surface area contributed by atoms with E-state index in [0.717, 1.165) is 17.1 Å². The van der Waals surface area contributed by atoms with Crippen LogP contribution in [0.4, 0.5) is 0 Å². The van der Waals surface area contributed by atoms with Crippen molar-refractivity contribution in [3.05, 3.63) is 95.1 Å². The SMILES string of the molecule is CC(Cc1cccc(C(=O)O)n1)c1cccc(C(C)(C)c2ccccc2)n1. The molecule has 3 rings (SSSR count). The lowest BCUT2D eigenvalue weighted by Crippen LogP contribution is -2.21. The summed E-state index contributed by atoms with van der Waals surface area (Å²) in [5.41, 5.74) is 3.87. The largest absolute Gasteiger partial charge is 0.477 e. The summed E-state index contributed by atoms with van der Waals surface area (Å²) >= 11 is 0. The second-order valence-electron chi connectivity index (χ2n) is 7.36. The molecule has 0 amide bonds. The quantitative estimate of drug-likeness (QED) is 0.683. The second-order valence-corrected chi connectivity index (χ2v) is 7.36. The van der Waals surface area contributed by atoms with Gasteiger partial charge in [0.25, 0.3) is 0 Å². The Hall–Kier alpha value is -3.01. The first kappa shape index (κ1) is 18.8. The van der Waals surface area contributed by atoms with Crippen molar-refractivity contribution in [1.82, 2.24) is 9.97 Å². The molecule has 1 atom stereocenters. The molecule has 138 valence electrons. The Morgan fingerprint density at radius 2 is 1.67 bits per heavy atom. The van der Waals surface area contributed by atoms with Crippen LogP contribution in [-0.2, 0) is 11.8 Å². The molecule has 1 aromatic carbocycles. The molecular weight excluding hydrogens is 336 g/mol. The minimum Gasteiger partial charge on any atom is -0.477 e. The zero-order valence-corrected chi connectivity index (χ0v) is 15.9. The van der Waals surface area contributed by atoms with Crippen LogP contribution in [0.5, 0.6) is 0 Å². The maximum Gasteiger partial charge on any atom is 0.354 e. The van der Waals surface area contributed by atoms with Crippen molar-refractivity contribution in [2.24, 2.45) is 0 Å². The van der Waals surface area contributed by atoms with E-state index in [1.807, 2.05) is 36.4 Å². The van der Waals surface area contributed by atoms with Crippen LogP contribution in [0.25, 0.3) is 0 Å². The standard InChI is InChI=1S/C23H24N2O2/c1-16(15-18-11-7-13-20(24-18)22(26)27)19-12-8-14-21(25-19)23(2,3)17-9-5-4-6-10-17/h4-14,16H,15H2,1-3H3,(H,26,27). The van der Waals surface area contributed by atoms with Crippen LogP contribution >= 0.6 is 0 Å². The molecule has 2 aromatic heterocycles. The number of rotatable bonds is 6. The molecule has 2 heterocycles. The second kappa shape index (κ2) is 7.70. The van der Waals surface area contributed by atoms with E-state index in [-0.39, 0.29) is 17.0 Å². The molecule has 4 heteroatoms. The summed E-state index contributed by atoms with van der Waals surface area (Å²) in [6.07, 6.45) is 0.642. The molecule has 0 saturated heterocycles. The van der Waals surface area contributed by atoms with Gasteiger partial charge >= 0.3 is 5.97 Å². The lowest BCUT2D eigenvalue weighted by atomic mass is 9.81. The van der Waals surface area contributed by atoms with Gasteiger partial charge in [-0.05, 0) is 36.2 Å². The summed E-state index contributed by atoms with van der Waals surface area (Å²) in [5.74, 6) is -0.873. The van der Waals surface area contributed by atoms with Gasteiger partial charge < -0.3 is 5.11 Å². The fourth-order valence-corrected chi connectivity index (χ4v) is 3.21. The summed E-state index contributed by atoms with van der Waals surface area (Å²) in [5, 5.41) is 9.12. The van der Waals surface area contributed by atoms with E-state index in [2.05, 4.69) is 44.0 Å². The molecular formula is C23H24N2O2. The van der Waals surface area contributed by atoms with E-state index < -0.39 is 5.97 Å². The topological polar surface area (TPSA) is 63.1 Å². The molecule has 0 aliphatic heterocycles. The number of aromatic carboxylic acids is 1. The first-order chi connectivity index (χ1) is 12.9. The Labute approximate surface area is 159 Å². The van der Waals surface area contributed by atoms with Crippen molar-refractivity contribution in [2.75, 3.05) is 0 Å². The van der Waals surface area contributed by atoms with Crippen LogP contribution in [0.3, 0.4) is 0 Å². The molecule has 0 spiro atoms. The molecule has 0 saturated carbocycles. The number of hydrogen-bond acceptors (Lipinski definition) is 3. The van der Waals surface area contributed by atoms with E-state index in [0.29, 0.717) is 6.42 Å². The predicted octanol–water partition coefficient (Wildman–Crippen LogP) is 4.85. The van der Waals surface area contributed by atoms with Gasteiger partial charge in [-0.25, -0.2) is 9.78 Å². The van der Waals surface area contributed by atoms with Gasteiger partial charge in [0, 0.05) is 22.7 Å². The number of benzene rings is 1. The van der Waals surface area contributed by atoms with Crippen molar-refractivity contribution in [2.45, 2.75) is 38.5 Å². The van der Waals surface area contributed by atoms with Crippen molar-refractivity contribution < 1.29 is 9.90 Å². The Morgan fingerprint density at radius 3 is 2.37 bits per heavy atom. The monoisotopic (exact) mass is 360 g/mol. The Bertz CT molecular complexity index is 936. The van der Waals surface area contributed by atoms with Crippen LogP contribution in [0.15, 0.2) is 66.7 Å².